The number of benzene rings is 4. The summed E-state index contributed by atoms with van der Waals surface area (Å²) in [5.74, 6) is 2.07. The van der Waals surface area contributed by atoms with E-state index < -0.39 is 11.6 Å². The van der Waals surface area contributed by atoms with Crippen molar-refractivity contribution < 1.29 is 28.8 Å². The van der Waals surface area contributed by atoms with Crippen LogP contribution >= 0.6 is 0 Å². The van der Waals surface area contributed by atoms with Crippen LogP contribution in [0.1, 0.15) is 34.8 Å². The van der Waals surface area contributed by atoms with Crippen molar-refractivity contribution in [2.24, 2.45) is 4.99 Å². The molecule has 3 N–H and O–H groups in total. The molecular formula is C36H39N3O6. The van der Waals surface area contributed by atoms with Gasteiger partial charge in [-0.25, -0.2) is 10.4 Å². The van der Waals surface area contributed by atoms with E-state index in [1.807, 2.05) is 103 Å². The Morgan fingerprint density at radius 1 is 0.889 bits per heavy atom. The number of ether oxygens (including phenoxy) is 4. The third-order valence-electron chi connectivity index (χ3n) is 7.64. The Balaban J connectivity index is 1.41. The Morgan fingerprint density at radius 2 is 1.60 bits per heavy atom. The molecule has 2 atom stereocenters. The first-order valence-electron chi connectivity index (χ1n) is 15.0. The molecule has 0 bridgehead atoms. The molecule has 1 heterocycles. The second kappa shape index (κ2) is 15.2. The second-order valence-electron chi connectivity index (χ2n) is 10.7. The van der Waals surface area contributed by atoms with Crippen LogP contribution in [0, 0.1) is 0 Å². The van der Waals surface area contributed by atoms with E-state index in [1.54, 1.807) is 14.2 Å². The van der Waals surface area contributed by atoms with Crippen LogP contribution in [-0.2, 0) is 22.4 Å². The molecule has 5 rings (SSSR count). The van der Waals surface area contributed by atoms with E-state index in [-0.39, 0.29) is 12.5 Å². The highest BCUT2D eigenvalue weighted by molar-refractivity contribution is 6.01. The predicted octanol–water partition coefficient (Wildman–Crippen LogP) is 4.83. The van der Waals surface area contributed by atoms with Crippen molar-refractivity contribution >= 4 is 11.8 Å². The van der Waals surface area contributed by atoms with Crippen molar-refractivity contribution in [2.45, 2.75) is 30.9 Å². The number of nitrogens with one attached hydrogen (secondary N) is 2. The van der Waals surface area contributed by atoms with Gasteiger partial charge in [-0.15, -0.1) is 0 Å². The maximum atomic E-state index is 14.3. The van der Waals surface area contributed by atoms with Gasteiger partial charge < -0.3 is 24.1 Å². The molecule has 0 fully saturated rings. The molecule has 0 unspecified atom stereocenters. The molecule has 9 nitrogen and oxygen atoms in total. The molecule has 1 aliphatic heterocycles. The first-order chi connectivity index (χ1) is 22.1. The number of aliphatic hydroxyl groups is 1. The molecule has 0 spiro atoms. The lowest BCUT2D eigenvalue weighted by Crippen LogP contribution is -2.54. The largest absolute Gasteiger partial charge is 0.494 e. The maximum absolute atomic E-state index is 14.3. The molecule has 234 valence electrons. The van der Waals surface area contributed by atoms with E-state index in [4.69, 9.17) is 29.0 Å². The summed E-state index contributed by atoms with van der Waals surface area (Å²) >= 11 is 0. The minimum absolute atomic E-state index is 0.0697. The van der Waals surface area contributed by atoms with E-state index >= 15 is 0 Å². The van der Waals surface area contributed by atoms with Crippen LogP contribution in [0.3, 0.4) is 0 Å². The standard InChI is InChI=1S/C36H39N3O6/c1-42-31-19-14-26(24-32(31)43-2)20-21-37-39-35(41)36(25-27-10-5-3-6-11-27)33(28-12-7-4-8-13-28)45-34(38-36)29-15-17-30(18-16-29)44-23-9-22-40/h3-8,10-19,24,33,37,40H,9,20-23,25H2,1-2H3,(H,39,41)/t33-,36-/m0/s1. The summed E-state index contributed by atoms with van der Waals surface area (Å²) in [5, 5.41) is 9.05. The van der Waals surface area contributed by atoms with Crippen molar-refractivity contribution in [3.63, 3.8) is 0 Å². The Morgan fingerprint density at radius 3 is 2.29 bits per heavy atom. The van der Waals surface area contributed by atoms with E-state index in [9.17, 15) is 4.79 Å². The molecule has 0 radical (unpaired) electrons. The normalized spacial score (nSPS) is 17.2. The topological polar surface area (TPSA) is 111 Å². The van der Waals surface area contributed by atoms with Gasteiger partial charge in [0.2, 0.25) is 5.90 Å². The van der Waals surface area contributed by atoms with Crippen molar-refractivity contribution in [3.05, 3.63) is 125 Å². The van der Waals surface area contributed by atoms with Crippen LogP contribution in [0.5, 0.6) is 17.2 Å². The van der Waals surface area contributed by atoms with Crippen molar-refractivity contribution in [2.75, 3.05) is 34.0 Å². The summed E-state index contributed by atoms with van der Waals surface area (Å²) in [7, 11) is 3.21. The number of hydrogen-bond acceptors (Lipinski definition) is 8. The number of hydrazine groups is 1. The van der Waals surface area contributed by atoms with Gasteiger partial charge in [0.15, 0.2) is 23.1 Å². The number of aliphatic imine (C=N–C) groups is 1. The first kappa shape index (κ1) is 31.6. The molecule has 1 aliphatic rings. The molecule has 0 aliphatic carbocycles. The van der Waals surface area contributed by atoms with Gasteiger partial charge >= 0.3 is 0 Å². The molecule has 0 saturated heterocycles. The molecule has 4 aromatic rings. The van der Waals surface area contributed by atoms with Crippen LogP contribution in [0.4, 0.5) is 0 Å². The van der Waals surface area contributed by atoms with Gasteiger partial charge in [0.05, 0.1) is 20.8 Å². The van der Waals surface area contributed by atoms with Gasteiger partial charge in [-0.1, -0.05) is 66.7 Å². The van der Waals surface area contributed by atoms with Crippen LogP contribution in [0.25, 0.3) is 0 Å². The van der Waals surface area contributed by atoms with Gasteiger partial charge in [0, 0.05) is 31.6 Å². The molecule has 1 amide bonds. The summed E-state index contributed by atoms with van der Waals surface area (Å²) < 4.78 is 23.0. The number of carbonyl (C=O) groups is 1. The third-order valence-corrected chi connectivity index (χ3v) is 7.64. The summed E-state index contributed by atoms with van der Waals surface area (Å²) in [5.41, 5.74) is 8.32. The zero-order chi connectivity index (χ0) is 31.5. The third kappa shape index (κ3) is 7.63. The lowest BCUT2D eigenvalue weighted by molar-refractivity contribution is -0.130. The fraction of sp³-hybridized carbons (Fsp3) is 0.278. The average molecular weight is 610 g/mol. The fourth-order valence-electron chi connectivity index (χ4n) is 5.31. The quantitative estimate of drug-likeness (QED) is 0.131. The van der Waals surface area contributed by atoms with Crippen LogP contribution in [0.2, 0.25) is 0 Å². The smallest absolute Gasteiger partial charge is 0.266 e. The average Bonchev–Trinajstić information content (AvgIpc) is 3.48. The number of rotatable bonds is 15. The van der Waals surface area contributed by atoms with Gasteiger partial charge in [0.1, 0.15) is 5.75 Å². The summed E-state index contributed by atoms with van der Waals surface area (Å²) in [4.78, 5) is 19.4. The Bertz CT molecular complexity index is 1560. The number of amides is 1. The molecule has 0 saturated carbocycles. The Labute approximate surface area is 263 Å². The van der Waals surface area contributed by atoms with E-state index in [1.165, 1.54) is 0 Å². The lowest BCUT2D eigenvalue weighted by Gasteiger charge is -2.31. The summed E-state index contributed by atoms with van der Waals surface area (Å²) in [6.07, 6.45) is 0.840. The molecule has 45 heavy (non-hydrogen) atoms. The highest BCUT2D eigenvalue weighted by Crippen LogP contribution is 2.42. The number of methoxy groups -OCH3 is 2. The Kier molecular flexibility index (Phi) is 10.7. The molecular weight excluding hydrogens is 570 g/mol. The number of hydrogen-bond donors (Lipinski definition) is 3. The van der Waals surface area contributed by atoms with Gasteiger partial charge in [0.25, 0.3) is 5.91 Å². The monoisotopic (exact) mass is 609 g/mol. The van der Waals surface area contributed by atoms with Crippen molar-refractivity contribution in [1.82, 2.24) is 10.9 Å². The van der Waals surface area contributed by atoms with Gasteiger partial charge in [-0.3, -0.25) is 10.2 Å². The molecule has 9 heteroatoms. The molecule has 0 aromatic heterocycles. The van der Waals surface area contributed by atoms with Gasteiger partial charge in [-0.05, 0) is 59.5 Å². The Hall–Kier alpha value is -4.86. The summed E-state index contributed by atoms with van der Waals surface area (Å²) in [6.45, 7) is 0.969. The minimum Gasteiger partial charge on any atom is -0.494 e. The maximum Gasteiger partial charge on any atom is 0.266 e. The highest BCUT2D eigenvalue weighted by atomic mass is 16.5. The SMILES string of the molecule is COc1ccc(CCNNC(=O)[C@@]2(Cc3ccccc3)N=C(c3ccc(OCCCO)cc3)O[C@H]2c2ccccc2)cc1OC. The number of carbonyl (C=O) groups excluding carboxylic acids is 1. The minimum atomic E-state index is -1.30. The first-order valence-corrected chi connectivity index (χ1v) is 15.0. The van der Waals surface area contributed by atoms with E-state index in [2.05, 4.69) is 10.9 Å². The lowest BCUT2D eigenvalue weighted by atomic mass is 9.82. The van der Waals surface area contributed by atoms with E-state index in [0.717, 1.165) is 22.3 Å². The summed E-state index contributed by atoms with van der Waals surface area (Å²) in [6, 6.07) is 32.7. The van der Waals surface area contributed by atoms with Crippen molar-refractivity contribution in [3.8, 4) is 17.2 Å². The highest BCUT2D eigenvalue weighted by Gasteiger charge is 2.53. The second-order valence-corrected chi connectivity index (χ2v) is 10.7. The van der Waals surface area contributed by atoms with Crippen LogP contribution in [-0.4, -0.2) is 56.4 Å². The zero-order valence-electron chi connectivity index (χ0n) is 25.6. The molecule has 4 aromatic carbocycles. The number of aliphatic hydroxyl groups excluding tert-OH is 1. The van der Waals surface area contributed by atoms with Gasteiger partial charge in [-0.2, -0.15) is 0 Å². The van der Waals surface area contributed by atoms with Crippen molar-refractivity contribution in [1.29, 1.82) is 0 Å². The van der Waals surface area contributed by atoms with Crippen LogP contribution in [0.15, 0.2) is 108 Å². The van der Waals surface area contributed by atoms with Crippen LogP contribution < -0.4 is 25.1 Å². The van der Waals surface area contributed by atoms with E-state index in [0.29, 0.717) is 55.6 Å². The predicted molar refractivity (Wildman–Crippen MR) is 173 cm³/mol. The number of nitrogens with zero attached hydrogens (tertiary/aromatic N) is 1. The fourth-order valence-corrected chi connectivity index (χ4v) is 5.31. The zero-order valence-corrected chi connectivity index (χ0v) is 25.6.